The molecular formula is C17H18N2. The number of hydrogen-bond acceptors (Lipinski definition) is 1. The molecule has 0 fully saturated rings. The zero-order valence-corrected chi connectivity index (χ0v) is 11.8. The Morgan fingerprint density at radius 3 is 2.42 bits per heavy atom. The van der Waals surface area contributed by atoms with Crippen LogP contribution in [0.25, 0.3) is 22.4 Å². The van der Waals surface area contributed by atoms with E-state index in [9.17, 15) is 0 Å². The molecule has 19 heavy (non-hydrogen) atoms. The average Bonchev–Trinajstić information content (AvgIpc) is 2.76. The van der Waals surface area contributed by atoms with Crippen molar-refractivity contribution < 1.29 is 0 Å². The van der Waals surface area contributed by atoms with Crippen molar-refractivity contribution in [3.05, 3.63) is 52.6 Å². The van der Waals surface area contributed by atoms with Gasteiger partial charge in [0.25, 0.3) is 0 Å². The molecule has 1 N–H and O–H groups in total. The van der Waals surface area contributed by atoms with Crippen LogP contribution < -0.4 is 0 Å². The Morgan fingerprint density at radius 1 is 0.842 bits per heavy atom. The van der Waals surface area contributed by atoms with E-state index in [-0.39, 0.29) is 0 Å². The van der Waals surface area contributed by atoms with E-state index in [0.717, 1.165) is 16.9 Å². The molecule has 3 rings (SSSR count). The molecular weight excluding hydrogens is 232 g/mol. The normalized spacial score (nSPS) is 11.2. The summed E-state index contributed by atoms with van der Waals surface area (Å²) < 4.78 is 0. The summed E-state index contributed by atoms with van der Waals surface area (Å²) in [5.41, 5.74) is 8.38. The van der Waals surface area contributed by atoms with Crippen LogP contribution >= 0.6 is 0 Å². The van der Waals surface area contributed by atoms with Crippen LogP contribution in [0.2, 0.25) is 0 Å². The largest absolute Gasteiger partial charge is 0.338 e. The summed E-state index contributed by atoms with van der Waals surface area (Å²) in [6, 6.07) is 10.8. The molecule has 0 aliphatic rings. The third kappa shape index (κ3) is 2.03. The number of nitrogens with one attached hydrogen (secondary N) is 1. The van der Waals surface area contributed by atoms with Crippen molar-refractivity contribution in [2.24, 2.45) is 0 Å². The van der Waals surface area contributed by atoms with Crippen molar-refractivity contribution in [1.82, 2.24) is 9.97 Å². The van der Waals surface area contributed by atoms with E-state index in [1.165, 1.54) is 27.8 Å². The van der Waals surface area contributed by atoms with Gasteiger partial charge in [-0.15, -0.1) is 0 Å². The highest BCUT2D eigenvalue weighted by atomic mass is 14.9. The van der Waals surface area contributed by atoms with Crippen LogP contribution in [0.5, 0.6) is 0 Å². The molecule has 96 valence electrons. The fourth-order valence-corrected chi connectivity index (χ4v) is 2.59. The lowest BCUT2D eigenvalue weighted by Crippen LogP contribution is -1.86. The maximum Gasteiger partial charge on any atom is 0.138 e. The Hall–Kier alpha value is -2.09. The Bertz CT molecular complexity index is 766. The van der Waals surface area contributed by atoms with Gasteiger partial charge in [-0.05, 0) is 56.5 Å². The predicted molar refractivity (Wildman–Crippen MR) is 80.5 cm³/mol. The monoisotopic (exact) mass is 250 g/mol. The van der Waals surface area contributed by atoms with Gasteiger partial charge in [-0.25, -0.2) is 4.98 Å². The number of H-pyrrole nitrogens is 1. The maximum absolute atomic E-state index is 4.77. The zero-order chi connectivity index (χ0) is 13.6. The standard InChI is InChI=1S/C17H18N2/c1-10-5-6-12(3)14(8-10)17-18-15-9-11(2)7-13(4)16(15)19-17/h5-9H,1-4H3,(H,18,19). The number of aromatic amines is 1. The lowest BCUT2D eigenvalue weighted by Gasteiger charge is -2.03. The Labute approximate surface area is 113 Å². The first kappa shape index (κ1) is 12.0. The average molecular weight is 250 g/mol. The number of nitrogens with zero attached hydrogens (tertiary/aromatic N) is 1. The van der Waals surface area contributed by atoms with Crippen LogP contribution in [0.3, 0.4) is 0 Å². The third-order valence-electron chi connectivity index (χ3n) is 3.57. The van der Waals surface area contributed by atoms with Crippen molar-refractivity contribution in [3.8, 4) is 11.4 Å². The SMILES string of the molecule is Cc1ccc(C)c(-c2nc3c(C)cc(C)cc3[nH]2)c1. The summed E-state index contributed by atoms with van der Waals surface area (Å²) in [7, 11) is 0. The molecule has 1 heterocycles. The van der Waals surface area contributed by atoms with Crippen LogP contribution in [0.4, 0.5) is 0 Å². The highest BCUT2D eigenvalue weighted by molar-refractivity contribution is 5.83. The zero-order valence-electron chi connectivity index (χ0n) is 11.8. The van der Waals surface area contributed by atoms with Gasteiger partial charge in [0.05, 0.1) is 11.0 Å². The Kier molecular flexibility index (Phi) is 2.67. The number of hydrogen-bond donors (Lipinski definition) is 1. The smallest absolute Gasteiger partial charge is 0.138 e. The van der Waals surface area contributed by atoms with E-state index in [1.807, 2.05) is 0 Å². The molecule has 0 atom stereocenters. The predicted octanol–water partition coefficient (Wildman–Crippen LogP) is 4.46. The van der Waals surface area contributed by atoms with Crippen molar-refractivity contribution in [2.45, 2.75) is 27.7 Å². The maximum atomic E-state index is 4.77. The van der Waals surface area contributed by atoms with Gasteiger partial charge < -0.3 is 4.98 Å². The fraction of sp³-hybridized carbons (Fsp3) is 0.235. The van der Waals surface area contributed by atoms with Crippen LogP contribution in [-0.4, -0.2) is 9.97 Å². The van der Waals surface area contributed by atoms with Crippen molar-refractivity contribution in [3.63, 3.8) is 0 Å². The lowest BCUT2D eigenvalue weighted by atomic mass is 10.1. The first-order chi connectivity index (χ1) is 9.04. The van der Waals surface area contributed by atoms with Crippen LogP contribution in [0.15, 0.2) is 30.3 Å². The van der Waals surface area contributed by atoms with Gasteiger partial charge in [-0.3, -0.25) is 0 Å². The molecule has 0 radical (unpaired) electrons. The third-order valence-corrected chi connectivity index (χ3v) is 3.57. The number of rotatable bonds is 1. The summed E-state index contributed by atoms with van der Waals surface area (Å²) in [6.07, 6.45) is 0. The quantitative estimate of drug-likeness (QED) is 0.678. The second-order valence-corrected chi connectivity index (χ2v) is 5.38. The molecule has 0 saturated heterocycles. The van der Waals surface area contributed by atoms with Gasteiger partial charge in [0.2, 0.25) is 0 Å². The molecule has 0 aliphatic heterocycles. The van der Waals surface area contributed by atoms with Gasteiger partial charge in [0.15, 0.2) is 0 Å². The van der Waals surface area contributed by atoms with Crippen molar-refractivity contribution in [1.29, 1.82) is 0 Å². The first-order valence-corrected chi connectivity index (χ1v) is 6.59. The van der Waals surface area contributed by atoms with Gasteiger partial charge >= 0.3 is 0 Å². The van der Waals surface area contributed by atoms with E-state index >= 15 is 0 Å². The van der Waals surface area contributed by atoms with E-state index in [1.54, 1.807) is 0 Å². The highest BCUT2D eigenvalue weighted by Gasteiger charge is 2.10. The molecule has 1 aromatic heterocycles. The topological polar surface area (TPSA) is 28.7 Å². The number of aromatic nitrogens is 2. The molecule has 2 nitrogen and oxygen atoms in total. The minimum absolute atomic E-state index is 0.963. The molecule has 3 aromatic rings. The number of fused-ring (bicyclic) bond motifs is 1. The van der Waals surface area contributed by atoms with E-state index in [4.69, 9.17) is 4.98 Å². The summed E-state index contributed by atoms with van der Waals surface area (Å²) >= 11 is 0. The molecule has 0 unspecified atom stereocenters. The number of aryl methyl sites for hydroxylation is 4. The van der Waals surface area contributed by atoms with Crippen LogP contribution in [-0.2, 0) is 0 Å². The molecule has 2 heteroatoms. The first-order valence-electron chi connectivity index (χ1n) is 6.59. The summed E-state index contributed by atoms with van der Waals surface area (Å²) in [4.78, 5) is 8.22. The lowest BCUT2D eigenvalue weighted by molar-refractivity contribution is 1.29. The molecule has 0 bridgehead atoms. The minimum atomic E-state index is 0.963. The van der Waals surface area contributed by atoms with Gasteiger partial charge in [0, 0.05) is 5.56 Å². The second-order valence-electron chi connectivity index (χ2n) is 5.38. The minimum Gasteiger partial charge on any atom is -0.338 e. The summed E-state index contributed by atoms with van der Waals surface area (Å²) in [5, 5.41) is 0. The highest BCUT2D eigenvalue weighted by Crippen LogP contribution is 2.26. The Balaban J connectivity index is 2.26. The summed E-state index contributed by atoms with van der Waals surface area (Å²) in [6.45, 7) is 8.47. The van der Waals surface area contributed by atoms with Crippen molar-refractivity contribution >= 4 is 11.0 Å². The van der Waals surface area contributed by atoms with Gasteiger partial charge in [0.1, 0.15) is 5.82 Å². The van der Waals surface area contributed by atoms with E-state index in [0.29, 0.717) is 0 Å². The van der Waals surface area contributed by atoms with Crippen LogP contribution in [0, 0.1) is 27.7 Å². The molecule has 0 spiro atoms. The van der Waals surface area contributed by atoms with Gasteiger partial charge in [-0.1, -0.05) is 23.8 Å². The van der Waals surface area contributed by atoms with Gasteiger partial charge in [-0.2, -0.15) is 0 Å². The summed E-state index contributed by atoms with van der Waals surface area (Å²) in [5.74, 6) is 0.963. The molecule has 0 amide bonds. The van der Waals surface area contributed by atoms with Crippen molar-refractivity contribution in [2.75, 3.05) is 0 Å². The Morgan fingerprint density at radius 2 is 1.63 bits per heavy atom. The molecule has 0 aliphatic carbocycles. The molecule has 2 aromatic carbocycles. The number of imidazole rings is 1. The fourth-order valence-electron chi connectivity index (χ4n) is 2.59. The molecule has 0 saturated carbocycles. The van der Waals surface area contributed by atoms with E-state index < -0.39 is 0 Å². The van der Waals surface area contributed by atoms with E-state index in [2.05, 4.69) is 63.0 Å². The van der Waals surface area contributed by atoms with Crippen LogP contribution in [0.1, 0.15) is 22.3 Å². The second kappa shape index (κ2) is 4.23. The number of benzene rings is 2.